The van der Waals surface area contributed by atoms with Crippen molar-refractivity contribution in [1.29, 1.82) is 0 Å². The molecular formula is C11H15NO2. The van der Waals surface area contributed by atoms with Crippen molar-refractivity contribution in [2.75, 3.05) is 7.11 Å². The molecule has 1 aliphatic rings. The van der Waals surface area contributed by atoms with Crippen LogP contribution >= 0.6 is 0 Å². The molecule has 1 aromatic rings. The Bertz CT molecular complexity index is 349. The largest absolute Gasteiger partial charge is 0.481 e. The molecule has 3 nitrogen and oxygen atoms in total. The highest BCUT2D eigenvalue weighted by Gasteiger charge is 2.21. The van der Waals surface area contributed by atoms with Gasteiger partial charge >= 0.3 is 0 Å². The molecule has 0 aliphatic heterocycles. The van der Waals surface area contributed by atoms with Gasteiger partial charge in [-0.3, -0.25) is 0 Å². The molecule has 3 heteroatoms. The van der Waals surface area contributed by atoms with Crippen molar-refractivity contribution in [3.8, 4) is 5.88 Å². The molecule has 1 unspecified atom stereocenters. The third kappa shape index (κ3) is 1.48. The van der Waals surface area contributed by atoms with Crippen LogP contribution in [0.2, 0.25) is 0 Å². The highest BCUT2D eigenvalue weighted by atomic mass is 16.5. The zero-order valence-electron chi connectivity index (χ0n) is 8.58. The summed E-state index contributed by atoms with van der Waals surface area (Å²) in [6, 6.07) is 1.93. The number of pyridine rings is 1. The van der Waals surface area contributed by atoms with E-state index in [4.69, 9.17) is 4.74 Å². The van der Waals surface area contributed by atoms with Gasteiger partial charge in [-0.25, -0.2) is 4.98 Å². The van der Waals surface area contributed by atoms with Crippen LogP contribution in [0.25, 0.3) is 0 Å². The van der Waals surface area contributed by atoms with Crippen molar-refractivity contribution >= 4 is 0 Å². The molecule has 0 saturated heterocycles. The Morgan fingerprint density at radius 1 is 1.57 bits per heavy atom. The Morgan fingerprint density at radius 3 is 3.07 bits per heavy atom. The summed E-state index contributed by atoms with van der Waals surface area (Å²) in [4.78, 5) is 4.30. The molecule has 0 spiro atoms. The van der Waals surface area contributed by atoms with Crippen molar-refractivity contribution in [1.82, 2.24) is 4.98 Å². The van der Waals surface area contributed by atoms with E-state index >= 15 is 0 Å². The molecule has 2 rings (SSSR count). The average molecular weight is 193 g/mol. The molecule has 1 aromatic heterocycles. The molecule has 0 amide bonds. The first-order valence-corrected chi connectivity index (χ1v) is 4.95. The molecule has 1 heterocycles. The highest BCUT2D eigenvalue weighted by molar-refractivity contribution is 5.36. The Hall–Kier alpha value is -1.09. The standard InChI is InChI=1S/C11H15NO2/c1-7-6-10(14-2)12-11-8(7)4-3-5-9(11)13/h6,9,13H,3-5H2,1-2H3. The first kappa shape index (κ1) is 9.46. The lowest BCUT2D eigenvalue weighted by Crippen LogP contribution is -2.13. The number of fused-ring (bicyclic) bond motifs is 1. The molecular weight excluding hydrogens is 178 g/mol. The first-order chi connectivity index (χ1) is 6.72. The monoisotopic (exact) mass is 193 g/mol. The second-order valence-corrected chi connectivity index (χ2v) is 3.75. The summed E-state index contributed by atoms with van der Waals surface area (Å²) in [5.41, 5.74) is 3.18. The molecule has 1 atom stereocenters. The van der Waals surface area contributed by atoms with Gasteiger partial charge < -0.3 is 9.84 Å². The quantitative estimate of drug-likeness (QED) is 0.739. The van der Waals surface area contributed by atoms with E-state index in [2.05, 4.69) is 4.98 Å². The lowest BCUT2D eigenvalue weighted by molar-refractivity contribution is 0.150. The number of aryl methyl sites for hydroxylation is 1. The molecule has 14 heavy (non-hydrogen) atoms. The molecule has 1 N–H and O–H groups in total. The van der Waals surface area contributed by atoms with Gasteiger partial charge in [-0.2, -0.15) is 0 Å². The fourth-order valence-electron chi connectivity index (χ4n) is 2.01. The van der Waals surface area contributed by atoms with Crippen LogP contribution in [0, 0.1) is 6.92 Å². The van der Waals surface area contributed by atoms with E-state index in [-0.39, 0.29) is 0 Å². The van der Waals surface area contributed by atoms with Crippen molar-refractivity contribution in [3.63, 3.8) is 0 Å². The Morgan fingerprint density at radius 2 is 2.36 bits per heavy atom. The maximum Gasteiger partial charge on any atom is 0.213 e. The van der Waals surface area contributed by atoms with Crippen LogP contribution in [0.1, 0.15) is 35.8 Å². The van der Waals surface area contributed by atoms with Gasteiger partial charge in [-0.1, -0.05) is 0 Å². The minimum absolute atomic E-state index is 0.410. The normalized spacial score (nSPS) is 20.4. The number of methoxy groups -OCH3 is 1. The Kier molecular flexibility index (Phi) is 2.42. The number of rotatable bonds is 1. The van der Waals surface area contributed by atoms with E-state index < -0.39 is 6.10 Å². The van der Waals surface area contributed by atoms with Crippen LogP contribution in [-0.2, 0) is 6.42 Å². The summed E-state index contributed by atoms with van der Waals surface area (Å²) in [6.45, 7) is 2.04. The predicted octanol–water partition coefficient (Wildman–Crippen LogP) is 1.77. The zero-order valence-corrected chi connectivity index (χ0v) is 8.58. The maximum absolute atomic E-state index is 9.79. The van der Waals surface area contributed by atoms with E-state index in [1.807, 2.05) is 13.0 Å². The molecule has 0 saturated carbocycles. The second kappa shape index (κ2) is 3.58. The van der Waals surface area contributed by atoms with Gasteiger partial charge in [0.25, 0.3) is 0 Å². The third-order valence-electron chi connectivity index (χ3n) is 2.78. The van der Waals surface area contributed by atoms with Gasteiger partial charge in [0.2, 0.25) is 5.88 Å². The number of aromatic nitrogens is 1. The predicted molar refractivity (Wildman–Crippen MR) is 53.4 cm³/mol. The third-order valence-corrected chi connectivity index (χ3v) is 2.78. The molecule has 76 valence electrons. The second-order valence-electron chi connectivity index (χ2n) is 3.75. The number of aliphatic hydroxyl groups excluding tert-OH is 1. The smallest absolute Gasteiger partial charge is 0.213 e. The van der Waals surface area contributed by atoms with Crippen LogP contribution in [0.5, 0.6) is 5.88 Å². The van der Waals surface area contributed by atoms with E-state index in [1.54, 1.807) is 7.11 Å². The van der Waals surface area contributed by atoms with Gasteiger partial charge in [-0.15, -0.1) is 0 Å². The zero-order chi connectivity index (χ0) is 10.1. The summed E-state index contributed by atoms with van der Waals surface area (Å²) in [6.07, 6.45) is 2.47. The van der Waals surface area contributed by atoms with Crippen LogP contribution in [-0.4, -0.2) is 17.2 Å². The summed E-state index contributed by atoms with van der Waals surface area (Å²) in [5.74, 6) is 0.599. The van der Waals surface area contributed by atoms with E-state index in [9.17, 15) is 5.11 Å². The topological polar surface area (TPSA) is 42.4 Å². The number of hydrogen-bond acceptors (Lipinski definition) is 3. The molecule has 0 bridgehead atoms. The Labute approximate surface area is 83.7 Å². The van der Waals surface area contributed by atoms with Crippen LogP contribution in [0.3, 0.4) is 0 Å². The van der Waals surface area contributed by atoms with Gasteiger partial charge in [0.05, 0.1) is 18.9 Å². The minimum Gasteiger partial charge on any atom is -0.481 e. The van der Waals surface area contributed by atoms with Gasteiger partial charge in [0.15, 0.2) is 0 Å². The lowest BCUT2D eigenvalue weighted by atomic mass is 9.91. The molecule has 0 aromatic carbocycles. The molecule has 1 aliphatic carbocycles. The van der Waals surface area contributed by atoms with E-state index in [0.29, 0.717) is 5.88 Å². The number of nitrogens with zero attached hydrogens (tertiary/aromatic N) is 1. The van der Waals surface area contributed by atoms with Crippen molar-refractivity contribution in [3.05, 3.63) is 22.9 Å². The lowest BCUT2D eigenvalue weighted by Gasteiger charge is -2.22. The van der Waals surface area contributed by atoms with Crippen LogP contribution < -0.4 is 4.74 Å². The highest BCUT2D eigenvalue weighted by Crippen LogP contribution is 2.31. The maximum atomic E-state index is 9.79. The number of ether oxygens (including phenoxy) is 1. The van der Waals surface area contributed by atoms with Gasteiger partial charge in [-0.05, 0) is 37.3 Å². The molecule has 0 radical (unpaired) electrons. The van der Waals surface area contributed by atoms with Crippen LogP contribution in [0.4, 0.5) is 0 Å². The summed E-state index contributed by atoms with van der Waals surface area (Å²) in [5, 5.41) is 9.79. The summed E-state index contributed by atoms with van der Waals surface area (Å²) >= 11 is 0. The van der Waals surface area contributed by atoms with Crippen molar-refractivity contribution in [2.45, 2.75) is 32.3 Å². The first-order valence-electron chi connectivity index (χ1n) is 4.95. The fourth-order valence-corrected chi connectivity index (χ4v) is 2.01. The molecule has 0 fully saturated rings. The Balaban J connectivity index is 2.51. The average Bonchev–Trinajstić information content (AvgIpc) is 2.19. The fraction of sp³-hybridized carbons (Fsp3) is 0.545. The summed E-state index contributed by atoms with van der Waals surface area (Å²) in [7, 11) is 1.60. The van der Waals surface area contributed by atoms with Crippen molar-refractivity contribution < 1.29 is 9.84 Å². The number of aliphatic hydroxyl groups is 1. The van der Waals surface area contributed by atoms with E-state index in [1.165, 1.54) is 11.1 Å². The minimum atomic E-state index is -0.410. The SMILES string of the molecule is COc1cc(C)c2c(n1)C(O)CCC2. The van der Waals surface area contributed by atoms with E-state index in [0.717, 1.165) is 25.0 Å². The van der Waals surface area contributed by atoms with Gasteiger partial charge in [0.1, 0.15) is 0 Å². The van der Waals surface area contributed by atoms with Gasteiger partial charge in [0, 0.05) is 6.07 Å². The summed E-state index contributed by atoms with van der Waals surface area (Å²) < 4.78 is 5.09. The number of hydrogen-bond donors (Lipinski definition) is 1. The van der Waals surface area contributed by atoms with Crippen LogP contribution in [0.15, 0.2) is 6.07 Å². The van der Waals surface area contributed by atoms with Crippen molar-refractivity contribution in [2.24, 2.45) is 0 Å².